The number of sulfonamides is 1. The number of sulfone groups is 1. The van der Waals surface area contributed by atoms with E-state index in [1.54, 1.807) is 31.5 Å². The molecule has 14 heteroatoms. The minimum absolute atomic E-state index is 0.00832. The molecule has 0 saturated carbocycles. The summed E-state index contributed by atoms with van der Waals surface area (Å²) in [7, 11) is -7.14. The van der Waals surface area contributed by atoms with E-state index in [0.29, 0.717) is 51.6 Å². The predicted molar refractivity (Wildman–Crippen MR) is 171 cm³/mol. The molecular formula is C31H31N7O5S2. The smallest absolute Gasteiger partial charge is 0.263 e. The van der Waals surface area contributed by atoms with Crippen LogP contribution in [0.5, 0.6) is 0 Å². The van der Waals surface area contributed by atoms with Gasteiger partial charge in [0.05, 0.1) is 44.8 Å². The van der Waals surface area contributed by atoms with E-state index in [1.165, 1.54) is 30.3 Å². The van der Waals surface area contributed by atoms with Gasteiger partial charge >= 0.3 is 0 Å². The number of hydrogen-bond donors (Lipinski definition) is 2. The van der Waals surface area contributed by atoms with Crippen molar-refractivity contribution < 1.29 is 21.6 Å². The maximum atomic E-state index is 13.8. The molecule has 3 aromatic heterocycles. The van der Waals surface area contributed by atoms with Gasteiger partial charge in [-0.05, 0) is 64.4 Å². The van der Waals surface area contributed by atoms with Gasteiger partial charge in [0.25, 0.3) is 15.9 Å². The van der Waals surface area contributed by atoms with E-state index < -0.39 is 25.8 Å². The molecule has 1 aliphatic rings. The Morgan fingerprint density at radius 3 is 2.29 bits per heavy atom. The lowest BCUT2D eigenvalue weighted by atomic mass is 10.0. The van der Waals surface area contributed by atoms with Gasteiger partial charge in [0, 0.05) is 23.0 Å². The number of amides is 1. The van der Waals surface area contributed by atoms with Crippen molar-refractivity contribution in [3.8, 4) is 11.3 Å². The Labute approximate surface area is 260 Å². The highest BCUT2D eigenvalue weighted by molar-refractivity contribution is 7.92. The van der Waals surface area contributed by atoms with Gasteiger partial charge in [-0.25, -0.2) is 36.5 Å². The lowest BCUT2D eigenvalue weighted by molar-refractivity contribution is 0.102. The topological polar surface area (TPSA) is 166 Å². The monoisotopic (exact) mass is 645 g/mol. The lowest BCUT2D eigenvalue weighted by Gasteiger charge is -2.13. The van der Waals surface area contributed by atoms with Crippen LogP contribution in [0, 0.1) is 27.7 Å². The minimum atomic E-state index is -3.95. The van der Waals surface area contributed by atoms with Gasteiger partial charge in [-0.1, -0.05) is 29.8 Å². The van der Waals surface area contributed by atoms with Crippen molar-refractivity contribution in [3.63, 3.8) is 0 Å². The molecule has 4 heterocycles. The van der Waals surface area contributed by atoms with Crippen molar-refractivity contribution >= 4 is 48.3 Å². The van der Waals surface area contributed by atoms with Crippen molar-refractivity contribution in [2.75, 3.05) is 21.5 Å². The third-order valence-corrected chi connectivity index (χ3v) is 10.7. The van der Waals surface area contributed by atoms with Crippen molar-refractivity contribution in [1.82, 2.24) is 24.7 Å². The number of fused-ring (bicyclic) bond motifs is 1. The van der Waals surface area contributed by atoms with Crippen molar-refractivity contribution in [3.05, 3.63) is 89.0 Å². The number of rotatable bonds is 7. The van der Waals surface area contributed by atoms with Crippen LogP contribution in [0.15, 0.2) is 65.6 Å². The van der Waals surface area contributed by atoms with E-state index in [9.17, 15) is 21.6 Å². The first-order valence-corrected chi connectivity index (χ1v) is 17.5. The van der Waals surface area contributed by atoms with Crippen LogP contribution in [0.1, 0.15) is 45.6 Å². The minimum Gasteiger partial charge on any atom is -0.322 e. The van der Waals surface area contributed by atoms with E-state index >= 15 is 0 Å². The molecule has 1 unspecified atom stereocenters. The van der Waals surface area contributed by atoms with E-state index in [-0.39, 0.29) is 28.3 Å². The number of anilines is 2. The third-order valence-electron chi connectivity index (χ3n) is 7.61. The number of aryl methyl sites for hydroxylation is 4. The zero-order chi connectivity index (χ0) is 32.1. The average molecular weight is 646 g/mol. The molecular weight excluding hydrogens is 615 g/mol. The maximum absolute atomic E-state index is 13.8. The van der Waals surface area contributed by atoms with Crippen molar-refractivity contribution in [1.29, 1.82) is 0 Å². The number of pyridine rings is 1. The fourth-order valence-corrected chi connectivity index (χ4v) is 8.15. The highest BCUT2D eigenvalue weighted by Gasteiger charge is 2.32. The van der Waals surface area contributed by atoms with Crippen molar-refractivity contribution in [2.24, 2.45) is 0 Å². The molecule has 1 atom stereocenters. The molecule has 1 amide bonds. The Balaban J connectivity index is 1.34. The molecule has 0 bridgehead atoms. The van der Waals surface area contributed by atoms with E-state index in [4.69, 9.17) is 4.98 Å². The first-order chi connectivity index (χ1) is 21.3. The fraction of sp³-hybridized carbons (Fsp3) is 0.258. The summed E-state index contributed by atoms with van der Waals surface area (Å²) in [6.07, 6.45) is 0.414. The largest absolute Gasteiger partial charge is 0.322 e. The summed E-state index contributed by atoms with van der Waals surface area (Å²) in [6, 6.07) is 16.4. The zero-order valence-corrected chi connectivity index (χ0v) is 26.7. The first-order valence-electron chi connectivity index (χ1n) is 14.2. The molecule has 5 aromatic rings. The van der Waals surface area contributed by atoms with Crippen molar-refractivity contribution in [2.45, 2.75) is 45.1 Å². The van der Waals surface area contributed by atoms with Gasteiger partial charge in [-0.15, -0.1) is 0 Å². The quantitative estimate of drug-likeness (QED) is 0.258. The molecule has 1 aliphatic heterocycles. The third kappa shape index (κ3) is 6.28. The predicted octanol–water partition coefficient (Wildman–Crippen LogP) is 4.53. The number of nitrogens with zero attached hydrogens (tertiary/aromatic N) is 5. The standard InChI is InChI=1S/C31H31N7O5S2/c1-18-5-7-22(8-6-18)27-16-26(29-20(3)36-38(30(29)35-27)24-13-14-44(40,41)17-24)31(39)34-23-9-11-25(12-10-23)45(42,43)37-28-15-19(2)32-21(4)33-28/h5-12,15-16,24H,13-14,17H2,1-4H3,(H,34,39)(H,32,33,37). The second kappa shape index (κ2) is 11.3. The average Bonchev–Trinajstić information content (AvgIpc) is 3.50. The SMILES string of the molecule is Cc1ccc(-c2cc(C(=O)Nc3ccc(S(=O)(=O)Nc4cc(C)nc(C)n4)cc3)c3c(C)nn(C4CCS(=O)(=O)C4)c3n2)cc1. The summed E-state index contributed by atoms with van der Waals surface area (Å²) in [5.41, 5.74) is 4.69. The number of nitrogens with one attached hydrogen (secondary N) is 2. The summed E-state index contributed by atoms with van der Waals surface area (Å²) in [6.45, 7) is 7.16. The van der Waals surface area contributed by atoms with Crippen LogP contribution in [0.3, 0.4) is 0 Å². The van der Waals surface area contributed by atoms with Gasteiger partial charge in [-0.3, -0.25) is 9.52 Å². The maximum Gasteiger partial charge on any atom is 0.263 e. The Bertz CT molecular complexity index is 2160. The van der Waals surface area contributed by atoms with Crippen LogP contribution in [-0.4, -0.2) is 59.0 Å². The highest BCUT2D eigenvalue weighted by atomic mass is 32.2. The van der Waals surface area contributed by atoms with Crippen LogP contribution in [-0.2, 0) is 19.9 Å². The molecule has 45 heavy (non-hydrogen) atoms. The number of hydrogen-bond acceptors (Lipinski definition) is 9. The molecule has 6 rings (SSSR count). The number of carbonyl (C=O) groups excluding carboxylic acids is 1. The van der Waals surface area contributed by atoms with E-state index in [1.807, 2.05) is 31.2 Å². The second-order valence-corrected chi connectivity index (χ2v) is 15.1. The normalized spacial score (nSPS) is 16.1. The molecule has 0 radical (unpaired) electrons. The van der Waals surface area contributed by atoms with Gasteiger partial charge < -0.3 is 5.32 Å². The number of carbonyl (C=O) groups is 1. The van der Waals surface area contributed by atoms with Gasteiger partial charge in [-0.2, -0.15) is 5.10 Å². The Kier molecular flexibility index (Phi) is 7.65. The molecule has 1 fully saturated rings. The second-order valence-electron chi connectivity index (χ2n) is 11.2. The number of aromatic nitrogens is 5. The summed E-state index contributed by atoms with van der Waals surface area (Å²) >= 11 is 0. The Morgan fingerprint density at radius 1 is 0.933 bits per heavy atom. The van der Waals surface area contributed by atoms with Gasteiger partial charge in [0.15, 0.2) is 15.5 Å². The molecule has 2 aromatic carbocycles. The summed E-state index contributed by atoms with van der Waals surface area (Å²) in [4.78, 5) is 27.0. The zero-order valence-electron chi connectivity index (χ0n) is 25.1. The Morgan fingerprint density at radius 2 is 1.64 bits per heavy atom. The molecule has 0 spiro atoms. The Hall–Kier alpha value is -4.69. The molecule has 0 aliphatic carbocycles. The molecule has 1 saturated heterocycles. The lowest BCUT2D eigenvalue weighted by Crippen LogP contribution is -2.16. The van der Waals surface area contributed by atoms with Crippen LogP contribution in [0.2, 0.25) is 0 Å². The van der Waals surface area contributed by atoms with Gasteiger partial charge in [0.2, 0.25) is 0 Å². The molecule has 12 nitrogen and oxygen atoms in total. The molecule has 232 valence electrons. The summed E-state index contributed by atoms with van der Waals surface area (Å²) in [5, 5.41) is 8.03. The van der Waals surface area contributed by atoms with Crippen LogP contribution in [0.25, 0.3) is 22.3 Å². The van der Waals surface area contributed by atoms with Gasteiger partial charge in [0.1, 0.15) is 11.6 Å². The first kappa shape index (κ1) is 30.3. The highest BCUT2D eigenvalue weighted by Crippen LogP contribution is 2.32. The van der Waals surface area contributed by atoms with Crippen LogP contribution >= 0.6 is 0 Å². The van der Waals surface area contributed by atoms with E-state index in [2.05, 4.69) is 25.1 Å². The summed E-state index contributed by atoms with van der Waals surface area (Å²) < 4.78 is 54.7. The van der Waals surface area contributed by atoms with Crippen LogP contribution < -0.4 is 10.0 Å². The molecule has 2 N–H and O–H groups in total. The van der Waals surface area contributed by atoms with E-state index in [0.717, 1.165) is 11.1 Å². The summed E-state index contributed by atoms with van der Waals surface area (Å²) in [5.74, 6) is 0.188. The van der Waals surface area contributed by atoms with Crippen LogP contribution in [0.4, 0.5) is 11.5 Å². The fourth-order valence-electron chi connectivity index (χ4n) is 5.47. The number of benzene rings is 2.